The number of carboxylic acids is 1. The zero-order valence-corrected chi connectivity index (χ0v) is 13.0. The molecule has 1 saturated carbocycles. The van der Waals surface area contributed by atoms with Gasteiger partial charge in [-0.15, -0.1) is 0 Å². The van der Waals surface area contributed by atoms with E-state index in [0.29, 0.717) is 24.1 Å². The van der Waals surface area contributed by atoms with Gasteiger partial charge < -0.3 is 10.4 Å². The predicted octanol–water partition coefficient (Wildman–Crippen LogP) is 2.73. The van der Waals surface area contributed by atoms with Crippen LogP contribution in [0, 0.1) is 5.82 Å². The van der Waals surface area contributed by atoms with Crippen molar-refractivity contribution in [2.75, 3.05) is 0 Å². The van der Waals surface area contributed by atoms with Crippen LogP contribution in [-0.2, 0) is 4.79 Å². The largest absolute Gasteiger partial charge is 0.481 e. The number of benzene rings is 1. The van der Waals surface area contributed by atoms with Crippen LogP contribution >= 0.6 is 0 Å². The topological polar surface area (TPSA) is 95.1 Å². The van der Waals surface area contributed by atoms with Gasteiger partial charge in [-0.1, -0.05) is 12.8 Å². The van der Waals surface area contributed by atoms with E-state index in [4.69, 9.17) is 5.11 Å². The molecule has 0 atom stereocenters. The van der Waals surface area contributed by atoms with Gasteiger partial charge in [-0.05, 0) is 43.2 Å². The summed E-state index contributed by atoms with van der Waals surface area (Å²) in [7, 11) is 0. The van der Waals surface area contributed by atoms with Crippen molar-refractivity contribution in [3.05, 3.63) is 41.8 Å². The van der Waals surface area contributed by atoms with E-state index < -0.39 is 11.5 Å². The van der Waals surface area contributed by atoms with Gasteiger partial charge in [0, 0.05) is 5.56 Å². The van der Waals surface area contributed by atoms with Gasteiger partial charge in [-0.2, -0.15) is 5.10 Å². The van der Waals surface area contributed by atoms with Crippen molar-refractivity contribution in [3.63, 3.8) is 0 Å². The highest BCUT2D eigenvalue weighted by molar-refractivity contribution is 5.94. The fraction of sp³-hybridized carbons (Fsp3) is 0.353. The Kier molecular flexibility index (Phi) is 4.33. The fourth-order valence-corrected chi connectivity index (χ4v) is 3.20. The molecule has 0 radical (unpaired) electrons. The van der Waals surface area contributed by atoms with Crippen molar-refractivity contribution in [1.82, 2.24) is 15.5 Å². The van der Waals surface area contributed by atoms with Gasteiger partial charge in [0.1, 0.15) is 11.5 Å². The molecule has 1 aliphatic carbocycles. The second kappa shape index (κ2) is 6.43. The van der Waals surface area contributed by atoms with Crippen molar-refractivity contribution in [2.45, 2.75) is 37.6 Å². The van der Waals surface area contributed by atoms with E-state index in [1.54, 1.807) is 18.2 Å². The second-order valence-electron chi connectivity index (χ2n) is 6.19. The lowest BCUT2D eigenvalue weighted by Crippen LogP contribution is -2.47. The lowest BCUT2D eigenvalue weighted by Gasteiger charge is -2.28. The quantitative estimate of drug-likeness (QED) is 0.785. The Morgan fingerprint density at radius 3 is 2.54 bits per heavy atom. The smallest absolute Gasteiger partial charge is 0.305 e. The van der Waals surface area contributed by atoms with Crippen LogP contribution in [0.3, 0.4) is 0 Å². The minimum atomic E-state index is -0.922. The highest BCUT2D eigenvalue weighted by Gasteiger charge is 2.37. The van der Waals surface area contributed by atoms with Crippen LogP contribution in [0.2, 0.25) is 0 Å². The molecule has 1 aromatic heterocycles. The van der Waals surface area contributed by atoms with E-state index in [1.165, 1.54) is 12.1 Å². The van der Waals surface area contributed by atoms with Gasteiger partial charge in [0.15, 0.2) is 0 Å². The molecule has 24 heavy (non-hydrogen) atoms. The normalized spacial score (nSPS) is 16.0. The molecule has 7 heteroatoms. The van der Waals surface area contributed by atoms with Crippen molar-refractivity contribution in [2.24, 2.45) is 0 Å². The van der Waals surface area contributed by atoms with Gasteiger partial charge in [0.25, 0.3) is 5.91 Å². The molecule has 1 aliphatic rings. The lowest BCUT2D eigenvalue weighted by molar-refractivity contribution is -0.138. The van der Waals surface area contributed by atoms with Crippen LogP contribution in [0.1, 0.15) is 42.6 Å². The summed E-state index contributed by atoms with van der Waals surface area (Å²) in [6, 6.07) is 7.38. The van der Waals surface area contributed by atoms with E-state index in [2.05, 4.69) is 15.5 Å². The molecule has 0 bridgehead atoms. The number of carbonyl (C=O) groups excluding carboxylic acids is 1. The average Bonchev–Trinajstić information content (AvgIpc) is 3.17. The summed E-state index contributed by atoms with van der Waals surface area (Å²) in [6.07, 6.45) is 3.03. The van der Waals surface area contributed by atoms with Crippen molar-refractivity contribution in [3.8, 4) is 11.3 Å². The van der Waals surface area contributed by atoms with E-state index in [1.807, 2.05) is 0 Å². The number of hydrogen-bond donors (Lipinski definition) is 3. The standard InChI is InChI=1S/C17H18FN3O3/c18-12-5-3-11(4-6-12)13-9-14(21-20-13)16(24)19-17(10-15(22)23)7-1-2-8-17/h3-6,9H,1-2,7-8,10H2,(H,19,24)(H,20,21)(H,22,23). The third-order valence-electron chi connectivity index (χ3n) is 4.39. The van der Waals surface area contributed by atoms with Crippen LogP contribution in [-0.4, -0.2) is 32.7 Å². The minimum absolute atomic E-state index is 0.0856. The maximum absolute atomic E-state index is 13.0. The van der Waals surface area contributed by atoms with Crippen LogP contribution in [0.4, 0.5) is 4.39 Å². The molecule has 2 aromatic rings. The van der Waals surface area contributed by atoms with Gasteiger partial charge in [-0.3, -0.25) is 14.7 Å². The first-order chi connectivity index (χ1) is 11.5. The lowest BCUT2D eigenvalue weighted by atomic mass is 9.93. The minimum Gasteiger partial charge on any atom is -0.481 e. The van der Waals surface area contributed by atoms with E-state index in [9.17, 15) is 14.0 Å². The van der Waals surface area contributed by atoms with Crippen LogP contribution in [0.25, 0.3) is 11.3 Å². The molecule has 1 heterocycles. The molecule has 1 amide bonds. The molecule has 3 N–H and O–H groups in total. The van der Waals surface area contributed by atoms with Crippen LogP contribution in [0.5, 0.6) is 0 Å². The van der Waals surface area contributed by atoms with Gasteiger partial charge in [0.2, 0.25) is 0 Å². The third-order valence-corrected chi connectivity index (χ3v) is 4.39. The molecule has 6 nitrogen and oxygen atoms in total. The summed E-state index contributed by atoms with van der Waals surface area (Å²) >= 11 is 0. The number of hydrogen-bond acceptors (Lipinski definition) is 3. The number of halogens is 1. The number of carboxylic acid groups (broad SMARTS) is 1. The monoisotopic (exact) mass is 331 g/mol. The summed E-state index contributed by atoms with van der Waals surface area (Å²) in [6.45, 7) is 0. The van der Waals surface area contributed by atoms with Crippen LogP contribution < -0.4 is 5.32 Å². The summed E-state index contributed by atoms with van der Waals surface area (Å²) < 4.78 is 13.0. The number of carbonyl (C=O) groups is 2. The summed E-state index contributed by atoms with van der Waals surface area (Å²) in [5.41, 5.74) is 0.780. The molecule has 3 rings (SSSR count). The molecule has 0 aliphatic heterocycles. The van der Waals surface area contributed by atoms with Crippen molar-refractivity contribution >= 4 is 11.9 Å². The van der Waals surface area contributed by atoms with E-state index in [0.717, 1.165) is 12.8 Å². The maximum Gasteiger partial charge on any atom is 0.305 e. The van der Waals surface area contributed by atoms with Gasteiger partial charge >= 0.3 is 5.97 Å². The van der Waals surface area contributed by atoms with E-state index >= 15 is 0 Å². The number of nitrogens with one attached hydrogen (secondary N) is 2. The van der Waals surface area contributed by atoms with E-state index in [-0.39, 0.29) is 23.8 Å². The third kappa shape index (κ3) is 3.45. The predicted molar refractivity (Wildman–Crippen MR) is 84.9 cm³/mol. The van der Waals surface area contributed by atoms with Crippen molar-refractivity contribution in [1.29, 1.82) is 0 Å². The van der Waals surface area contributed by atoms with Crippen LogP contribution in [0.15, 0.2) is 30.3 Å². The van der Waals surface area contributed by atoms with Gasteiger partial charge in [-0.25, -0.2) is 4.39 Å². The number of rotatable bonds is 5. The first-order valence-corrected chi connectivity index (χ1v) is 7.83. The number of aromatic nitrogens is 2. The highest BCUT2D eigenvalue weighted by atomic mass is 19.1. The Morgan fingerprint density at radius 1 is 1.25 bits per heavy atom. The Bertz CT molecular complexity index is 749. The maximum atomic E-state index is 13.0. The van der Waals surface area contributed by atoms with Gasteiger partial charge in [0.05, 0.1) is 17.7 Å². The molecule has 0 saturated heterocycles. The van der Waals surface area contributed by atoms with Crippen molar-refractivity contribution < 1.29 is 19.1 Å². The molecular formula is C17H18FN3O3. The summed E-state index contributed by atoms with van der Waals surface area (Å²) in [5, 5.41) is 18.7. The first kappa shape index (κ1) is 16.2. The number of aromatic amines is 1. The number of amides is 1. The average molecular weight is 331 g/mol. The Labute approximate surface area is 138 Å². The molecule has 0 unspecified atom stereocenters. The molecule has 126 valence electrons. The zero-order valence-electron chi connectivity index (χ0n) is 13.0. The second-order valence-corrected chi connectivity index (χ2v) is 6.19. The SMILES string of the molecule is O=C(O)CC1(NC(=O)c2cc(-c3ccc(F)cc3)n[nH]2)CCCC1. The molecule has 1 fully saturated rings. The fourth-order valence-electron chi connectivity index (χ4n) is 3.20. The molecule has 1 aromatic carbocycles. The summed E-state index contributed by atoms with van der Waals surface area (Å²) in [5.74, 6) is -1.64. The Hall–Kier alpha value is -2.70. The number of H-pyrrole nitrogens is 1. The zero-order chi connectivity index (χ0) is 17.2. The Balaban J connectivity index is 1.75. The summed E-state index contributed by atoms with van der Waals surface area (Å²) in [4.78, 5) is 23.5. The number of nitrogens with zero attached hydrogens (tertiary/aromatic N) is 1. The Morgan fingerprint density at radius 2 is 1.92 bits per heavy atom. The molecular weight excluding hydrogens is 313 g/mol. The molecule has 0 spiro atoms. The highest BCUT2D eigenvalue weighted by Crippen LogP contribution is 2.33. The number of aliphatic carboxylic acids is 1. The first-order valence-electron chi connectivity index (χ1n) is 7.83.